The molecule has 0 N–H and O–H groups in total. The molecule has 0 aromatic rings. The maximum atomic E-state index is 2.36. The lowest BCUT2D eigenvalue weighted by molar-refractivity contribution is 2.01. The molecule has 5 rings (SSSR count). The molecule has 0 unspecified atom stereocenters. The zero-order valence-electron chi connectivity index (χ0n) is 14.2. The van der Waals surface area contributed by atoms with Crippen molar-refractivity contribution in [2.75, 3.05) is 12.5 Å². The van der Waals surface area contributed by atoms with Crippen LogP contribution in [0.4, 0.5) is 0 Å². The second-order valence-corrected chi connectivity index (χ2v) is 19.0. The van der Waals surface area contributed by atoms with Crippen LogP contribution in [-0.4, -0.2) is 12.5 Å². The van der Waals surface area contributed by atoms with Crippen molar-refractivity contribution in [2.24, 2.45) is 0 Å². The molecule has 0 amide bonds. The predicted molar refractivity (Wildman–Crippen MR) is 156 cm³/mol. The molecule has 5 aliphatic heterocycles. The molecule has 5 aliphatic rings. The summed E-state index contributed by atoms with van der Waals surface area (Å²) in [6, 6.07) is 0. The van der Waals surface area contributed by atoms with Crippen molar-refractivity contribution in [3.63, 3.8) is 0 Å². The summed E-state index contributed by atoms with van der Waals surface area (Å²) < 4.78 is 13.0. The van der Waals surface area contributed by atoms with E-state index in [-0.39, 0.29) is 0 Å². The highest BCUT2D eigenvalue weighted by molar-refractivity contribution is 8.49. The maximum Gasteiger partial charge on any atom is 0.0718 e. The monoisotopic (exact) mass is 586 g/mol. The molecule has 146 valence electrons. The highest BCUT2D eigenvalue weighted by atomic mass is 32.3. The fourth-order valence-corrected chi connectivity index (χ4v) is 18.3. The molecule has 28 heavy (non-hydrogen) atoms. The Morgan fingerprint density at radius 3 is 1.79 bits per heavy atom. The second kappa shape index (κ2) is 10.1. The molecule has 0 saturated heterocycles. The van der Waals surface area contributed by atoms with Crippen molar-refractivity contribution in [1.29, 1.82) is 0 Å². The maximum absolute atomic E-state index is 2.36. The van der Waals surface area contributed by atoms with Crippen LogP contribution in [0.1, 0.15) is 0 Å². The largest absolute Gasteiger partial charge is 0.121 e. The van der Waals surface area contributed by atoms with Gasteiger partial charge in [-0.15, -0.1) is 23.5 Å². The third-order valence-corrected chi connectivity index (χ3v) is 19.5. The summed E-state index contributed by atoms with van der Waals surface area (Å²) in [6.07, 6.45) is 6.72. The van der Waals surface area contributed by atoms with Gasteiger partial charge in [0.1, 0.15) is 0 Å². The van der Waals surface area contributed by atoms with Gasteiger partial charge in [-0.3, -0.25) is 0 Å². The predicted octanol–water partition coefficient (Wildman–Crippen LogP) is 10.8. The zero-order valence-corrected chi connectivity index (χ0v) is 24.0. The Kier molecular flexibility index (Phi) is 8.01. The van der Waals surface area contributed by atoms with E-state index in [1.165, 1.54) is 43.0 Å². The van der Waals surface area contributed by atoms with Crippen LogP contribution in [0.25, 0.3) is 0 Å². The van der Waals surface area contributed by atoms with E-state index in [1.54, 1.807) is 0 Å². The van der Waals surface area contributed by atoms with Crippen molar-refractivity contribution >= 4 is 141 Å². The lowest BCUT2D eigenvalue weighted by Gasteiger charge is -2.05. The first-order valence-corrected chi connectivity index (χ1v) is 18.4. The van der Waals surface area contributed by atoms with Gasteiger partial charge in [-0.25, -0.2) is 0 Å². The van der Waals surface area contributed by atoms with E-state index in [1.807, 2.05) is 141 Å². The Morgan fingerprint density at radius 2 is 1.18 bits per heavy atom. The molecule has 0 fully saturated rings. The van der Waals surface area contributed by atoms with Gasteiger partial charge in [0.15, 0.2) is 0 Å². The highest BCUT2D eigenvalue weighted by Gasteiger charge is 2.34. The number of allylic oxidation sites excluding steroid dienone is 1. The molecule has 12 heteroatoms. The molecule has 0 saturated carbocycles. The summed E-state index contributed by atoms with van der Waals surface area (Å²) >= 11 is 22.9. The van der Waals surface area contributed by atoms with Gasteiger partial charge < -0.3 is 0 Å². The normalized spacial score (nSPS) is 24.5. The van der Waals surface area contributed by atoms with Crippen LogP contribution >= 0.6 is 141 Å². The molecule has 0 radical (unpaired) electrons. The number of hydrogen-bond donors (Lipinski definition) is 0. The van der Waals surface area contributed by atoms with Crippen LogP contribution in [0, 0.1) is 0 Å². The van der Waals surface area contributed by atoms with E-state index in [9.17, 15) is 0 Å². The molecule has 0 aliphatic carbocycles. The van der Waals surface area contributed by atoms with Crippen LogP contribution in [0.15, 0.2) is 65.3 Å². The molecule has 0 bridgehead atoms. The Morgan fingerprint density at radius 1 is 0.607 bits per heavy atom. The minimum absolute atomic E-state index is 1.37. The lowest BCUT2D eigenvalue weighted by atomic mass is 10.6. The first-order valence-electron chi connectivity index (χ1n) is 7.60. The fourth-order valence-electron chi connectivity index (χ4n) is 2.19. The number of hydrogen-bond acceptors (Lipinski definition) is 12. The second-order valence-electron chi connectivity index (χ2n) is 5.03. The van der Waals surface area contributed by atoms with Gasteiger partial charge in [0.2, 0.25) is 0 Å². The summed E-state index contributed by atoms with van der Waals surface area (Å²) in [5.74, 6) is 0. The van der Waals surface area contributed by atoms with Crippen molar-refractivity contribution in [1.82, 2.24) is 0 Å². The third-order valence-electron chi connectivity index (χ3n) is 3.32. The number of rotatable bonds is 3. The zero-order chi connectivity index (χ0) is 19.1. The van der Waals surface area contributed by atoms with Crippen LogP contribution in [0.5, 0.6) is 0 Å². The van der Waals surface area contributed by atoms with Gasteiger partial charge in [0.05, 0.1) is 38.1 Å². The van der Waals surface area contributed by atoms with E-state index in [0.29, 0.717) is 0 Å². The summed E-state index contributed by atoms with van der Waals surface area (Å²) in [6.45, 7) is 0. The van der Waals surface area contributed by atoms with Gasteiger partial charge in [-0.1, -0.05) is 118 Å². The van der Waals surface area contributed by atoms with Gasteiger partial charge >= 0.3 is 0 Å². The average Bonchev–Trinajstić information content (AvgIpc) is 3.47. The van der Waals surface area contributed by atoms with E-state index < -0.39 is 0 Å². The van der Waals surface area contributed by atoms with Crippen LogP contribution < -0.4 is 0 Å². The molecule has 0 aromatic carbocycles. The number of thioether (sulfide) groups is 12. The molecule has 0 spiro atoms. The van der Waals surface area contributed by atoms with Crippen LogP contribution in [-0.2, 0) is 0 Å². The smallest absolute Gasteiger partial charge is 0.0718 e. The van der Waals surface area contributed by atoms with E-state index in [4.69, 9.17) is 0 Å². The topological polar surface area (TPSA) is 0 Å². The molecule has 0 atom stereocenters. The van der Waals surface area contributed by atoms with Crippen molar-refractivity contribution in [3.05, 3.63) is 65.3 Å². The summed E-state index contributed by atoms with van der Waals surface area (Å²) in [7, 11) is 0. The van der Waals surface area contributed by atoms with Crippen molar-refractivity contribution in [3.8, 4) is 0 Å². The minimum Gasteiger partial charge on any atom is -0.121 e. The SMILES string of the molecule is CSC1=C(SC)SC(=C2SC3=C(SC(=CC4=CSC(=C5SC=CS5)S4)S3)S2)S1. The Balaban J connectivity index is 1.21. The minimum atomic E-state index is 1.37. The fraction of sp³-hybridized carbons (Fsp3) is 0.125. The van der Waals surface area contributed by atoms with E-state index in [0.717, 1.165) is 0 Å². The average molecular weight is 587 g/mol. The molecule has 5 heterocycles. The summed E-state index contributed by atoms with van der Waals surface area (Å²) in [4.78, 5) is 1.37. The Hall–Kier alpha value is 2.38. The van der Waals surface area contributed by atoms with Crippen molar-refractivity contribution < 1.29 is 0 Å². The van der Waals surface area contributed by atoms with Gasteiger partial charge in [-0.2, -0.15) is 0 Å². The van der Waals surface area contributed by atoms with E-state index >= 15 is 0 Å². The van der Waals surface area contributed by atoms with Gasteiger partial charge in [-0.05, 0) is 34.8 Å². The standard InChI is InChI=1S/C16H10S12/c1-17-9-10(18-2)26-15(25-9)16-27-13-14(28-16)24-8(23-13)5-7-6-21-12(22-7)11-19-3-4-20-11/h3-6H,1-2H3. The molecular weight excluding hydrogens is 577 g/mol. The lowest BCUT2D eigenvalue weighted by Crippen LogP contribution is -1.72. The first kappa shape index (κ1) is 22.2. The third kappa shape index (κ3) is 4.83. The quantitative estimate of drug-likeness (QED) is 0.309. The first-order chi connectivity index (χ1) is 13.7. The summed E-state index contributed by atoms with van der Waals surface area (Å²) in [5.41, 5.74) is 0. The van der Waals surface area contributed by atoms with Crippen molar-refractivity contribution in [2.45, 2.75) is 0 Å². The molecular formula is C16H10S12. The van der Waals surface area contributed by atoms with Gasteiger partial charge in [0.25, 0.3) is 0 Å². The molecule has 0 aromatic heterocycles. The molecule has 0 nitrogen and oxygen atoms in total. The Bertz CT molecular complexity index is 895. The Labute approximate surface area is 216 Å². The van der Waals surface area contributed by atoms with E-state index in [2.05, 4.69) is 34.8 Å². The highest BCUT2D eigenvalue weighted by Crippen LogP contribution is 2.70. The van der Waals surface area contributed by atoms with Crippen LogP contribution in [0.3, 0.4) is 0 Å². The van der Waals surface area contributed by atoms with Crippen LogP contribution in [0.2, 0.25) is 0 Å². The van der Waals surface area contributed by atoms with Gasteiger partial charge in [0, 0.05) is 4.91 Å². The summed E-state index contributed by atoms with van der Waals surface area (Å²) in [5, 5.41) is 6.63.